The largest absolute Gasteiger partial charge is 0.0608 e. The third kappa shape index (κ3) is 1.89. The van der Waals surface area contributed by atoms with Crippen molar-refractivity contribution in [2.75, 3.05) is 0 Å². The molecule has 50 valence electrons. The number of hydrogen-bond acceptors (Lipinski definition) is 1. The van der Waals surface area contributed by atoms with E-state index in [1.807, 2.05) is 12.1 Å². The van der Waals surface area contributed by atoms with Crippen LogP contribution in [0.2, 0.25) is 0 Å². The summed E-state index contributed by atoms with van der Waals surface area (Å²) in [5.41, 5.74) is 8.70. The molecular weight excluding hydrogens is 237 g/mol. The summed E-state index contributed by atoms with van der Waals surface area (Å²) in [6, 6.07) is 7.35. The van der Waals surface area contributed by atoms with Crippen LogP contribution in [0.1, 0.15) is 0 Å². The molecule has 1 rings (SSSR count). The minimum atomic E-state index is 0.655. The van der Waals surface area contributed by atoms with Gasteiger partial charge in [-0.2, -0.15) is 0 Å². The second kappa shape index (κ2) is 3.43. The molecule has 3 nitrogen and oxygen atoms in total. The predicted molar refractivity (Wildman–Crippen MR) is 48.0 cm³/mol. The third-order valence-electron chi connectivity index (χ3n) is 0.987. The molecule has 0 unspecified atom stereocenters. The molecule has 0 spiro atoms. The van der Waals surface area contributed by atoms with Crippen LogP contribution < -0.4 is 0 Å². The molecule has 0 aliphatic heterocycles. The monoisotopic (exact) mass is 241 g/mol. The first-order chi connectivity index (χ1) is 4.83. The topological polar surface area (TPSA) is 48.8 Å². The first kappa shape index (κ1) is 7.37. The Kier molecular flexibility index (Phi) is 2.53. The fraction of sp³-hybridized carbons (Fsp3) is 0. The van der Waals surface area contributed by atoms with Gasteiger partial charge in [-0.3, -0.25) is 0 Å². The van der Waals surface area contributed by atoms with E-state index in [-0.39, 0.29) is 0 Å². The second-order valence-electron chi connectivity index (χ2n) is 1.67. The van der Waals surface area contributed by atoms with Gasteiger partial charge >= 0.3 is 0 Å². The molecular formula is C6H4IN3. The Bertz CT molecular complexity index is 261. The van der Waals surface area contributed by atoms with E-state index in [4.69, 9.17) is 5.53 Å². The Morgan fingerprint density at radius 2 is 1.90 bits per heavy atom. The zero-order chi connectivity index (χ0) is 7.40. The third-order valence-corrected chi connectivity index (χ3v) is 1.71. The van der Waals surface area contributed by atoms with Gasteiger partial charge in [0.25, 0.3) is 0 Å². The first-order valence-electron chi connectivity index (χ1n) is 2.63. The Morgan fingerprint density at radius 1 is 1.30 bits per heavy atom. The van der Waals surface area contributed by atoms with Crippen LogP contribution in [0.25, 0.3) is 10.4 Å². The number of rotatable bonds is 1. The van der Waals surface area contributed by atoms with Crippen molar-refractivity contribution in [2.45, 2.75) is 0 Å². The van der Waals surface area contributed by atoms with Crippen LogP contribution in [0.4, 0.5) is 5.69 Å². The SMILES string of the molecule is [N-]=[N+]=Nc1ccc([123I])cc1. The van der Waals surface area contributed by atoms with Gasteiger partial charge in [-0.05, 0) is 40.3 Å². The minimum absolute atomic E-state index is 0.655. The molecule has 10 heavy (non-hydrogen) atoms. The molecule has 0 N–H and O–H groups in total. The van der Waals surface area contributed by atoms with Crippen LogP contribution in [0, 0.1) is 3.57 Å². The molecule has 0 atom stereocenters. The molecule has 0 saturated heterocycles. The molecule has 0 aliphatic rings. The number of nitrogens with zero attached hydrogens (tertiary/aromatic N) is 3. The fourth-order valence-electron chi connectivity index (χ4n) is 0.559. The Labute approximate surface area is 71.8 Å². The highest BCUT2D eigenvalue weighted by molar-refractivity contribution is 14.1. The summed E-state index contributed by atoms with van der Waals surface area (Å²) in [5.74, 6) is 0. The summed E-state index contributed by atoms with van der Waals surface area (Å²) in [5, 5.41) is 3.42. The number of azide groups is 1. The average Bonchev–Trinajstić information content (AvgIpc) is 1.95. The molecule has 4 heteroatoms. The lowest BCUT2D eigenvalue weighted by atomic mass is 10.3. The minimum Gasteiger partial charge on any atom is -0.0608 e. The highest BCUT2D eigenvalue weighted by atomic mass is 123. The van der Waals surface area contributed by atoms with E-state index in [0.717, 1.165) is 3.57 Å². The Balaban J connectivity index is 3.00. The lowest BCUT2D eigenvalue weighted by molar-refractivity contribution is 1.47. The lowest BCUT2D eigenvalue weighted by Crippen LogP contribution is -1.65. The van der Waals surface area contributed by atoms with Gasteiger partial charge in [-0.1, -0.05) is 17.2 Å². The predicted octanol–water partition coefficient (Wildman–Crippen LogP) is 3.23. The van der Waals surface area contributed by atoms with Crippen molar-refractivity contribution in [3.63, 3.8) is 0 Å². The van der Waals surface area contributed by atoms with E-state index in [0.29, 0.717) is 5.69 Å². The standard InChI is InChI=1S/C6H4IN3/c7-5-1-3-6(4-2-5)9-10-8/h1-4H/i7-4. The molecule has 0 aliphatic carbocycles. The number of hydrogen-bond donors (Lipinski definition) is 0. The van der Waals surface area contributed by atoms with Crippen LogP contribution in [-0.2, 0) is 0 Å². The molecule has 0 heterocycles. The zero-order valence-corrected chi connectivity index (χ0v) is 7.19. The van der Waals surface area contributed by atoms with Crippen LogP contribution in [-0.4, -0.2) is 0 Å². The van der Waals surface area contributed by atoms with E-state index in [2.05, 4.69) is 32.6 Å². The first-order valence-corrected chi connectivity index (χ1v) is 3.71. The summed E-state index contributed by atoms with van der Waals surface area (Å²) >= 11 is 2.19. The molecule has 0 bridgehead atoms. The summed E-state index contributed by atoms with van der Waals surface area (Å²) in [6.45, 7) is 0. The van der Waals surface area contributed by atoms with E-state index in [1.165, 1.54) is 0 Å². The van der Waals surface area contributed by atoms with Gasteiger partial charge in [0.2, 0.25) is 0 Å². The zero-order valence-electron chi connectivity index (χ0n) is 5.03. The molecule has 0 fully saturated rings. The van der Waals surface area contributed by atoms with Crippen molar-refractivity contribution in [3.8, 4) is 0 Å². The lowest BCUT2D eigenvalue weighted by Gasteiger charge is -1.88. The molecule has 0 radical (unpaired) electrons. The van der Waals surface area contributed by atoms with E-state index < -0.39 is 0 Å². The Morgan fingerprint density at radius 3 is 2.40 bits per heavy atom. The van der Waals surface area contributed by atoms with Gasteiger partial charge < -0.3 is 0 Å². The number of benzene rings is 1. The van der Waals surface area contributed by atoms with E-state index >= 15 is 0 Å². The van der Waals surface area contributed by atoms with Gasteiger partial charge in [0, 0.05) is 14.2 Å². The maximum absolute atomic E-state index is 8.05. The van der Waals surface area contributed by atoms with Crippen molar-refractivity contribution in [3.05, 3.63) is 38.3 Å². The summed E-state index contributed by atoms with van der Waals surface area (Å²) in [7, 11) is 0. The molecule has 0 aromatic heterocycles. The van der Waals surface area contributed by atoms with Gasteiger partial charge in [-0.25, -0.2) is 0 Å². The van der Waals surface area contributed by atoms with Gasteiger partial charge in [0.1, 0.15) is 0 Å². The molecule has 0 amide bonds. The van der Waals surface area contributed by atoms with Crippen LogP contribution in [0.3, 0.4) is 0 Å². The van der Waals surface area contributed by atoms with Crippen LogP contribution >= 0.6 is 22.6 Å². The molecule has 0 saturated carbocycles. The van der Waals surface area contributed by atoms with Crippen LogP contribution in [0.15, 0.2) is 29.4 Å². The maximum atomic E-state index is 8.05. The van der Waals surface area contributed by atoms with Crippen molar-refractivity contribution >= 4 is 28.3 Å². The maximum Gasteiger partial charge on any atom is 0.0376 e. The van der Waals surface area contributed by atoms with Crippen LogP contribution in [0.5, 0.6) is 0 Å². The van der Waals surface area contributed by atoms with Crippen molar-refractivity contribution in [1.82, 2.24) is 0 Å². The second-order valence-corrected chi connectivity index (χ2v) is 2.91. The van der Waals surface area contributed by atoms with Crippen molar-refractivity contribution in [1.29, 1.82) is 0 Å². The summed E-state index contributed by atoms with van der Waals surface area (Å²) < 4.78 is 1.13. The smallest absolute Gasteiger partial charge is 0.0376 e. The highest BCUT2D eigenvalue weighted by Crippen LogP contribution is 2.13. The Hall–Kier alpha value is -0.740. The molecule has 1 aromatic carbocycles. The highest BCUT2D eigenvalue weighted by Gasteiger charge is 1.85. The summed E-state index contributed by atoms with van der Waals surface area (Å²) in [6.07, 6.45) is 0. The van der Waals surface area contributed by atoms with Gasteiger partial charge in [-0.15, -0.1) is 0 Å². The fourth-order valence-corrected chi connectivity index (χ4v) is 0.919. The normalized spacial score (nSPS) is 8.50. The van der Waals surface area contributed by atoms with E-state index in [1.54, 1.807) is 12.1 Å². The van der Waals surface area contributed by atoms with Gasteiger partial charge in [0.05, 0.1) is 0 Å². The van der Waals surface area contributed by atoms with E-state index in [9.17, 15) is 0 Å². The van der Waals surface area contributed by atoms with Crippen molar-refractivity contribution < 1.29 is 0 Å². The van der Waals surface area contributed by atoms with Crippen molar-refractivity contribution in [2.24, 2.45) is 5.11 Å². The average molecular weight is 241 g/mol. The quantitative estimate of drug-likeness (QED) is 0.313. The number of halogens is 1. The van der Waals surface area contributed by atoms with Gasteiger partial charge in [0.15, 0.2) is 0 Å². The summed E-state index contributed by atoms with van der Waals surface area (Å²) in [4.78, 5) is 2.66. The molecule has 1 aromatic rings.